The number of methoxy groups -OCH3 is 1. The monoisotopic (exact) mass is 287 g/mol. The second kappa shape index (κ2) is 5.07. The van der Waals surface area contributed by atoms with Crippen LogP contribution in [0.15, 0.2) is 60.9 Å². The Labute approximate surface area is 127 Å². The Balaban J connectivity index is 2.02. The number of aromatic nitrogens is 3. The zero-order chi connectivity index (χ0) is 14.9. The first-order valence-corrected chi connectivity index (χ1v) is 7.01. The molecule has 4 aromatic rings. The van der Waals surface area contributed by atoms with Crippen molar-refractivity contribution in [2.75, 3.05) is 7.11 Å². The molecule has 4 heteroatoms. The molecule has 0 unspecified atom stereocenters. The van der Waals surface area contributed by atoms with Crippen molar-refractivity contribution in [3.05, 3.63) is 60.9 Å². The maximum atomic E-state index is 5.38. The van der Waals surface area contributed by atoms with Crippen molar-refractivity contribution in [2.45, 2.75) is 0 Å². The molecule has 0 aliphatic rings. The lowest BCUT2D eigenvalue weighted by molar-refractivity contribution is 0.414. The smallest absolute Gasteiger partial charge is 0.146 e. The minimum atomic E-state index is 0.711. The Morgan fingerprint density at radius 2 is 1.50 bits per heavy atom. The van der Waals surface area contributed by atoms with Gasteiger partial charge in [-0.2, -0.15) is 0 Å². The Kier molecular flexibility index (Phi) is 2.93. The standard InChI is InChI=1S/C18H13N3O/c1-22-15-5-3-11-20-18(15)14-9-8-13-7-6-12-4-2-10-19-16(12)17(13)21-14/h2-11H,1H3. The molecule has 4 nitrogen and oxygen atoms in total. The van der Waals surface area contributed by atoms with E-state index in [1.54, 1.807) is 19.5 Å². The van der Waals surface area contributed by atoms with E-state index in [0.717, 1.165) is 33.2 Å². The lowest BCUT2D eigenvalue weighted by Crippen LogP contribution is -1.94. The molecule has 3 aromatic heterocycles. The van der Waals surface area contributed by atoms with Crippen LogP contribution in [0.25, 0.3) is 33.2 Å². The predicted molar refractivity (Wildman–Crippen MR) is 86.8 cm³/mol. The molecule has 0 amide bonds. The lowest BCUT2D eigenvalue weighted by atomic mass is 10.1. The fraction of sp³-hybridized carbons (Fsp3) is 0.0556. The number of rotatable bonds is 2. The summed E-state index contributed by atoms with van der Waals surface area (Å²) < 4.78 is 5.38. The number of hydrogen-bond donors (Lipinski definition) is 0. The molecule has 4 rings (SSSR count). The van der Waals surface area contributed by atoms with Crippen LogP contribution in [0.3, 0.4) is 0 Å². The molecule has 0 atom stereocenters. The van der Waals surface area contributed by atoms with E-state index < -0.39 is 0 Å². The molecule has 3 heterocycles. The predicted octanol–water partition coefficient (Wildman–Crippen LogP) is 3.85. The molecular weight excluding hydrogens is 274 g/mol. The Morgan fingerprint density at radius 1 is 0.773 bits per heavy atom. The van der Waals surface area contributed by atoms with Gasteiger partial charge in [-0.25, -0.2) is 4.98 Å². The first-order chi connectivity index (χ1) is 10.9. The van der Waals surface area contributed by atoms with Crippen LogP contribution in [0, 0.1) is 0 Å². The summed E-state index contributed by atoms with van der Waals surface area (Å²) in [6.07, 6.45) is 3.53. The normalized spacial score (nSPS) is 11.0. The van der Waals surface area contributed by atoms with Crippen LogP contribution in [-0.2, 0) is 0 Å². The van der Waals surface area contributed by atoms with Crippen LogP contribution < -0.4 is 4.74 Å². The van der Waals surface area contributed by atoms with Crippen molar-refractivity contribution in [1.82, 2.24) is 15.0 Å². The van der Waals surface area contributed by atoms with Crippen molar-refractivity contribution in [3.63, 3.8) is 0 Å². The quantitative estimate of drug-likeness (QED) is 0.525. The van der Waals surface area contributed by atoms with Gasteiger partial charge in [-0.05, 0) is 24.3 Å². The molecule has 0 fully saturated rings. The summed E-state index contributed by atoms with van der Waals surface area (Å²) in [5.74, 6) is 0.711. The van der Waals surface area contributed by atoms with Gasteiger partial charge in [0, 0.05) is 23.2 Å². The number of hydrogen-bond acceptors (Lipinski definition) is 4. The van der Waals surface area contributed by atoms with Crippen molar-refractivity contribution in [3.8, 4) is 17.1 Å². The van der Waals surface area contributed by atoms with E-state index >= 15 is 0 Å². The third kappa shape index (κ3) is 1.97. The Morgan fingerprint density at radius 3 is 2.36 bits per heavy atom. The second-order valence-corrected chi connectivity index (χ2v) is 4.96. The van der Waals surface area contributed by atoms with Gasteiger partial charge in [0.2, 0.25) is 0 Å². The SMILES string of the molecule is COc1cccnc1-c1ccc2ccc3cccnc3c2n1. The zero-order valence-corrected chi connectivity index (χ0v) is 12.0. The molecule has 0 aliphatic carbocycles. The largest absolute Gasteiger partial charge is 0.494 e. The van der Waals surface area contributed by atoms with Crippen LogP contribution in [-0.4, -0.2) is 22.1 Å². The van der Waals surface area contributed by atoms with Crippen LogP contribution >= 0.6 is 0 Å². The summed E-state index contributed by atoms with van der Waals surface area (Å²) in [7, 11) is 1.64. The first kappa shape index (κ1) is 12.7. The van der Waals surface area contributed by atoms with Gasteiger partial charge in [-0.3, -0.25) is 9.97 Å². The van der Waals surface area contributed by atoms with E-state index in [1.807, 2.05) is 36.4 Å². The highest BCUT2D eigenvalue weighted by Gasteiger charge is 2.10. The van der Waals surface area contributed by atoms with E-state index in [-0.39, 0.29) is 0 Å². The number of nitrogens with zero attached hydrogens (tertiary/aromatic N) is 3. The van der Waals surface area contributed by atoms with Crippen molar-refractivity contribution in [1.29, 1.82) is 0 Å². The summed E-state index contributed by atoms with van der Waals surface area (Å²) in [5, 5.41) is 2.14. The molecule has 0 radical (unpaired) electrons. The molecule has 0 saturated carbocycles. The van der Waals surface area contributed by atoms with E-state index in [1.165, 1.54) is 0 Å². The molecule has 0 aliphatic heterocycles. The fourth-order valence-electron chi connectivity index (χ4n) is 2.60. The highest BCUT2D eigenvalue weighted by atomic mass is 16.5. The van der Waals surface area contributed by atoms with Crippen molar-refractivity contribution < 1.29 is 4.74 Å². The highest BCUT2D eigenvalue weighted by Crippen LogP contribution is 2.29. The summed E-state index contributed by atoms with van der Waals surface area (Å²) >= 11 is 0. The zero-order valence-electron chi connectivity index (χ0n) is 12.0. The van der Waals surface area contributed by atoms with Gasteiger partial charge in [0.15, 0.2) is 0 Å². The van der Waals surface area contributed by atoms with Gasteiger partial charge in [0.05, 0.1) is 23.8 Å². The van der Waals surface area contributed by atoms with E-state index in [2.05, 4.69) is 22.1 Å². The molecule has 0 saturated heterocycles. The van der Waals surface area contributed by atoms with Gasteiger partial charge >= 0.3 is 0 Å². The van der Waals surface area contributed by atoms with Crippen LogP contribution in [0.2, 0.25) is 0 Å². The molecule has 22 heavy (non-hydrogen) atoms. The average molecular weight is 287 g/mol. The minimum absolute atomic E-state index is 0.711. The fourth-order valence-corrected chi connectivity index (χ4v) is 2.60. The van der Waals surface area contributed by atoms with Crippen LogP contribution in [0.5, 0.6) is 5.75 Å². The third-order valence-electron chi connectivity index (χ3n) is 3.67. The van der Waals surface area contributed by atoms with Gasteiger partial charge in [0.25, 0.3) is 0 Å². The van der Waals surface area contributed by atoms with Gasteiger partial charge in [-0.1, -0.05) is 24.3 Å². The summed E-state index contributed by atoms with van der Waals surface area (Å²) in [6, 6.07) is 15.8. The van der Waals surface area contributed by atoms with E-state index in [0.29, 0.717) is 5.75 Å². The Hall–Kier alpha value is -3.01. The topological polar surface area (TPSA) is 47.9 Å². The molecule has 1 aromatic carbocycles. The average Bonchev–Trinajstić information content (AvgIpc) is 2.61. The molecule has 106 valence electrons. The van der Waals surface area contributed by atoms with Gasteiger partial charge in [-0.15, -0.1) is 0 Å². The summed E-state index contributed by atoms with van der Waals surface area (Å²) in [4.78, 5) is 13.6. The van der Waals surface area contributed by atoms with E-state index in [9.17, 15) is 0 Å². The number of ether oxygens (including phenoxy) is 1. The molecule has 0 N–H and O–H groups in total. The lowest BCUT2D eigenvalue weighted by Gasteiger charge is -2.08. The van der Waals surface area contributed by atoms with Crippen molar-refractivity contribution in [2.24, 2.45) is 0 Å². The first-order valence-electron chi connectivity index (χ1n) is 7.01. The maximum Gasteiger partial charge on any atom is 0.146 e. The number of benzene rings is 1. The van der Waals surface area contributed by atoms with Crippen LogP contribution in [0.4, 0.5) is 0 Å². The highest BCUT2D eigenvalue weighted by molar-refractivity contribution is 6.03. The Bertz CT molecular complexity index is 982. The molecular formula is C18H13N3O. The second-order valence-electron chi connectivity index (χ2n) is 4.96. The third-order valence-corrected chi connectivity index (χ3v) is 3.67. The minimum Gasteiger partial charge on any atom is -0.494 e. The summed E-state index contributed by atoms with van der Waals surface area (Å²) in [5.41, 5.74) is 3.29. The molecule has 0 bridgehead atoms. The van der Waals surface area contributed by atoms with E-state index in [4.69, 9.17) is 9.72 Å². The number of pyridine rings is 3. The van der Waals surface area contributed by atoms with Gasteiger partial charge < -0.3 is 4.74 Å². The molecule has 0 spiro atoms. The van der Waals surface area contributed by atoms with Gasteiger partial charge in [0.1, 0.15) is 11.4 Å². The summed E-state index contributed by atoms with van der Waals surface area (Å²) in [6.45, 7) is 0. The number of fused-ring (bicyclic) bond motifs is 3. The van der Waals surface area contributed by atoms with Crippen molar-refractivity contribution >= 4 is 21.8 Å². The van der Waals surface area contributed by atoms with Crippen LogP contribution in [0.1, 0.15) is 0 Å². The maximum absolute atomic E-state index is 5.38.